The molecule has 8 heteroatoms. The van der Waals surface area contributed by atoms with Gasteiger partial charge in [-0.2, -0.15) is 0 Å². The average molecular weight is 391 g/mol. The third kappa shape index (κ3) is 3.29. The number of nitrogens with zero attached hydrogens (tertiary/aromatic N) is 1. The molecule has 1 saturated heterocycles. The number of carbonyl (C=O) groups is 3. The van der Waals surface area contributed by atoms with Crippen LogP contribution < -0.4 is 10.2 Å². The van der Waals surface area contributed by atoms with Gasteiger partial charge in [-0.15, -0.1) is 0 Å². The molecule has 0 aromatic heterocycles. The Morgan fingerprint density at radius 3 is 2.50 bits per heavy atom. The molecule has 0 atom stereocenters. The molecule has 4 amide bonds. The predicted molar refractivity (Wildman–Crippen MR) is 98.3 cm³/mol. The number of rotatable bonds is 2. The van der Waals surface area contributed by atoms with Crippen LogP contribution in [0.2, 0.25) is 10.0 Å². The summed E-state index contributed by atoms with van der Waals surface area (Å²) in [7, 11) is 0. The van der Waals surface area contributed by atoms with Crippen LogP contribution in [0.3, 0.4) is 0 Å². The number of aryl methyl sites for hydroxylation is 1. The number of urea groups is 1. The minimum atomic E-state index is -0.882. The lowest BCUT2D eigenvalue weighted by atomic mass is 10.1. The number of benzene rings is 2. The van der Waals surface area contributed by atoms with E-state index < -0.39 is 17.8 Å². The van der Waals surface area contributed by atoms with Crippen molar-refractivity contribution < 1.29 is 19.5 Å². The molecule has 3 rings (SSSR count). The second-order valence-electron chi connectivity index (χ2n) is 5.59. The molecular formula is C18H12Cl2N2O4. The Morgan fingerprint density at radius 2 is 1.81 bits per heavy atom. The number of phenolic OH excluding ortho intramolecular Hbond substituents is 1. The Kier molecular flexibility index (Phi) is 4.71. The summed E-state index contributed by atoms with van der Waals surface area (Å²) < 4.78 is 0. The van der Waals surface area contributed by atoms with Crippen molar-refractivity contribution in [3.05, 3.63) is 63.1 Å². The van der Waals surface area contributed by atoms with E-state index in [0.29, 0.717) is 10.0 Å². The largest absolute Gasteiger partial charge is 0.507 e. The summed E-state index contributed by atoms with van der Waals surface area (Å²) >= 11 is 11.9. The molecule has 0 unspecified atom stereocenters. The van der Waals surface area contributed by atoms with Crippen LogP contribution in [0.5, 0.6) is 5.75 Å². The zero-order valence-corrected chi connectivity index (χ0v) is 14.9. The lowest BCUT2D eigenvalue weighted by Gasteiger charge is -2.26. The van der Waals surface area contributed by atoms with Crippen molar-refractivity contribution in [1.82, 2.24) is 5.32 Å². The number of carbonyl (C=O) groups excluding carboxylic acids is 3. The third-order valence-corrected chi connectivity index (χ3v) is 4.45. The highest BCUT2D eigenvalue weighted by Crippen LogP contribution is 2.28. The molecule has 1 aliphatic heterocycles. The van der Waals surface area contributed by atoms with Crippen LogP contribution in [-0.2, 0) is 9.59 Å². The number of aromatic hydroxyl groups is 1. The molecule has 0 bridgehead atoms. The van der Waals surface area contributed by atoms with Gasteiger partial charge in [0.05, 0.1) is 5.69 Å². The van der Waals surface area contributed by atoms with Gasteiger partial charge in [0, 0.05) is 15.6 Å². The van der Waals surface area contributed by atoms with E-state index in [4.69, 9.17) is 23.2 Å². The lowest BCUT2D eigenvalue weighted by molar-refractivity contribution is -0.122. The standard InChI is InChI=1S/C18H12Cl2N2O4/c1-9-2-4-12(8-14(9)20)22-17(25)13(16(24)21-18(22)26)7-10-6-11(19)3-5-15(10)23/h2-8,23H,1H3,(H,21,24,26)/b13-7-. The van der Waals surface area contributed by atoms with E-state index in [1.54, 1.807) is 19.1 Å². The summed E-state index contributed by atoms with van der Waals surface area (Å²) in [6.07, 6.45) is 1.17. The van der Waals surface area contributed by atoms with Gasteiger partial charge in [0.15, 0.2) is 0 Å². The monoisotopic (exact) mass is 390 g/mol. The second-order valence-corrected chi connectivity index (χ2v) is 6.44. The first-order chi connectivity index (χ1) is 12.3. The van der Waals surface area contributed by atoms with Gasteiger partial charge < -0.3 is 5.11 Å². The third-order valence-electron chi connectivity index (χ3n) is 3.80. The number of nitrogens with one attached hydrogen (secondary N) is 1. The number of hydrogen-bond acceptors (Lipinski definition) is 4. The molecule has 6 nitrogen and oxygen atoms in total. The second kappa shape index (κ2) is 6.82. The highest BCUT2D eigenvalue weighted by atomic mass is 35.5. The topological polar surface area (TPSA) is 86.7 Å². The highest BCUT2D eigenvalue weighted by Gasteiger charge is 2.37. The normalized spacial score (nSPS) is 16.2. The van der Waals surface area contributed by atoms with Crippen molar-refractivity contribution in [2.75, 3.05) is 4.90 Å². The Balaban J connectivity index is 2.07. The van der Waals surface area contributed by atoms with Gasteiger partial charge in [-0.25, -0.2) is 9.69 Å². The van der Waals surface area contributed by atoms with E-state index >= 15 is 0 Å². The van der Waals surface area contributed by atoms with E-state index in [2.05, 4.69) is 5.32 Å². The SMILES string of the molecule is Cc1ccc(N2C(=O)NC(=O)/C(=C/c3cc(Cl)ccc3O)C2=O)cc1Cl. The first kappa shape index (κ1) is 18.0. The van der Waals surface area contributed by atoms with Crippen molar-refractivity contribution >= 4 is 52.8 Å². The molecule has 1 heterocycles. The van der Waals surface area contributed by atoms with Crippen LogP contribution in [0.15, 0.2) is 42.0 Å². The van der Waals surface area contributed by atoms with Gasteiger partial charge in [-0.1, -0.05) is 29.3 Å². The number of anilines is 1. The minimum Gasteiger partial charge on any atom is -0.507 e. The van der Waals surface area contributed by atoms with Crippen molar-refractivity contribution in [3.8, 4) is 5.75 Å². The molecular weight excluding hydrogens is 379 g/mol. The van der Waals surface area contributed by atoms with E-state index in [-0.39, 0.29) is 22.6 Å². The van der Waals surface area contributed by atoms with E-state index in [9.17, 15) is 19.5 Å². The van der Waals surface area contributed by atoms with E-state index in [0.717, 1.165) is 10.5 Å². The fourth-order valence-electron chi connectivity index (χ4n) is 2.41. The maximum Gasteiger partial charge on any atom is 0.335 e. The average Bonchev–Trinajstić information content (AvgIpc) is 2.57. The van der Waals surface area contributed by atoms with E-state index in [1.165, 1.54) is 30.3 Å². The predicted octanol–water partition coefficient (Wildman–Crippen LogP) is 3.67. The van der Waals surface area contributed by atoms with Crippen molar-refractivity contribution in [3.63, 3.8) is 0 Å². The zero-order chi connectivity index (χ0) is 19.0. The first-order valence-corrected chi connectivity index (χ1v) is 8.19. The molecule has 2 aromatic rings. The van der Waals surface area contributed by atoms with Crippen LogP contribution in [0, 0.1) is 6.92 Å². The summed E-state index contributed by atoms with van der Waals surface area (Å²) in [6, 6.07) is 7.97. The molecule has 0 spiro atoms. The number of halogens is 2. The molecule has 0 saturated carbocycles. The van der Waals surface area contributed by atoms with Crippen LogP contribution in [0.4, 0.5) is 10.5 Å². The lowest BCUT2D eigenvalue weighted by Crippen LogP contribution is -2.54. The highest BCUT2D eigenvalue weighted by molar-refractivity contribution is 6.39. The molecule has 2 aromatic carbocycles. The Bertz CT molecular complexity index is 985. The molecule has 26 heavy (non-hydrogen) atoms. The summed E-state index contributed by atoms with van der Waals surface area (Å²) in [5.74, 6) is -1.86. The maximum absolute atomic E-state index is 12.8. The Hall–Kier alpha value is -2.83. The van der Waals surface area contributed by atoms with Gasteiger partial charge in [0.1, 0.15) is 11.3 Å². The molecule has 0 aliphatic carbocycles. The fourth-order valence-corrected chi connectivity index (χ4v) is 2.76. The smallest absolute Gasteiger partial charge is 0.335 e. The van der Waals surface area contributed by atoms with Crippen molar-refractivity contribution in [1.29, 1.82) is 0 Å². The summed E-state index contributed by atoms with van der Waals surface area (Å²) in [6.45, 7) is 1.78. The summed E-state index contributed by atoms with van der Waals surface area (Å²) in [5.41, 5.74) is 0.846. The molecule has 1 aliphatic rings. The van der Waals surface area contributed by atoms with Crippen LogP contribution in [0.1, 0.15) is 11.1 Å². The summed E-state index contributed by atoms with van der Waals surface area (Å²) in [4.78, 5) is 37.9. The fraction of sp³-hybridized carbons (Fsp3) is 0.0556. The Morgan fingerprint density at radius 1 is 1.08 bits per heavy atom. The molecule has 132 valence electrons. The molecule has 2 N–H and O–H groups in total. The Labute approximate surface area is 158 Å². The van der Waals surface area contributed by atoms with Crippen molar-refractivity contribution in [2.24, 2.45) is 0 Å². The van der Waals surface area contributed by atoms with Gasteiger partial charge >= 0.3 is 6.03 Å². The molecule has 0 radical (unpaired) electrons. The van der Waals surface area contributed by atoms with Gasteiger partial charge in [0.25, 0.3) is 11.8 Å². The number of barbiturate groups is 1. The number of imide groups is 2. The van der Waals surface area contributed by atoms with Crippen LogP contribution in [0.25, 0.3) is 6.08 Å². The van der Waals surface area contributed by atoms with Crippen molar-refractivity contribution in [2.45, 2.75) is 6.92 Å². The van der Waals surface area contributed by atoms with Gasteiger partial charge in [-0.3, -0.25) is 14.9 Å². The van der Waals surface area contributed by atoms with Crippen LogP contribution in [-0.4, -0.2) is 23.0 Å². The summed E-state index contributed by atoms with van der Waals surface area (Å²) in [5, 5.41) is 12.7. The molecule has 1 fully saturated rings. The maximum atomic E-state index is 12.8. The number of amides is 4. The quantitative estimate of drug-likeness (QED) is 0.604. The van der Waals surface area contributed by atoms with E-state index in [1.807, 2.05) is 0 Å². The zero-order valence-electron chi connectivity index (χ0n) is 13.4. The number of phenols is 1. The number of hydrogen-bond donors (Lipinski definition) is 2. The van der Waals surface area contributed by atoms with Gasteiger partial charge in [0.2, 0.25) is 0 Å². The van der Waals surface area contributed by atoms with Gasteiger partial charge in [-0.05, 0) is 48.9 Å². The first-order valence-electron chi connectivity index (χ1n) is 7.44. The van der Waals surface area contributed by atoms with Crippen LogP contribution >= 0.6 is 23.2 Å². The minimum absolute atomic E-state index is 0.163.